The molecule has 0 atom stereocenters. The minimum absolute atomic E-state index is 0.0579. The van der Waals surface area contributed by atoms with Gasteiger partial charge >= 0.3 is 12.0 Å². The van der Waals surface area contributed by atoms with Crippen LogP contribution in [0.1, 0.15) is 0 Å². The van der Waals surface area contributed by atoms with E-state index in [1.54, 1.807) is 0 Å². The average Bonchev–Trinajstić information content (AvgIpc) is 2.26. The van der Waals surface area contributed by atoms with Gasteiger partial charge in [0, 0.05) is 18.2 Å². The second kappa shape index (κ2) is 6.09. The van der Waals surface area contributed by atoms with Crippen LogP contribution in [0.15, 0.2) is 30.6 Å². The molecule has 3 N–H and O–H groups in total. The molecule has 8 heteroatoms. The molecule has 0 aliphatic heterocycles. The molecule has 0 aromatic carbocycles. The Bertz CT molecular complexity index is 516. The number of nitrogens with zero attached hydrogens (tertiary/aromatic N) is 1. The summed E-state index contributed by atoms with van der Waals surface area (Å²) in [6.07, 6.45) is 3.38. The lowest BCUT2D eigenvalue weighted by molar-refractivity contribution is -0.131. The molecule has 1 aromatic heterocycles. The van der Waals surface area contributed by atoms with Crippen LogP contribution in [-0.2, 0) is 9.59 Å². The van der Waals surface area contributed by atoms with Gasteiger partial charge in [-0.1, -0.05) is 0 Å². The molecule has 0 spiro atoms. The highest BCUT2D eigenvalue weighted by Crippen LogP contribution is 2.05. The summed E-state index contributed by atoms with van der Waals surface area (Å²) in [6.45, 7) is 0. The number of aliphatic carboxylic acids is 1. The molecule has 0 radical (unpaired) electrons. The van der Waals surface area contributed by atoms with Gasteiger partial charge in [-0.2, -0.15) is 0 Å². The SMILES string of the molecule is O=C(O)/C=C/C(=O)NC(=O)Nc1cncc(F)c1. The Morgan fingerprint density at radius 3 is 2.61 bits per heavy atom. The minimum Gasteiger partial charge on any atom is -0.478 e. The number of imide groups is 1. The van der Waals surface area contributed by atoms with Gasteiger partial charge < -0.3 is 10.4 Å². The number of anilines is 1. The topological polar surface area (TPSA) is 108 Å². The number of hydrogen-bond acceptors (Lipinski definition) is 4. The second-order valence-corrected chi connectivity index (χ2v) is 3.01. The predicted molar refractivity (Wildman–Crippen MR) is 58.1 cm³/mol. The molecular weight excluding hydrogens is 245 g/mol. The number of carboxylic acids is 1. The number of hydrogen-bond donors (Lipinski definition) is 3. The van der Waals surface area contributed by atoms with Gasteiger partial charge in [-0.15, -0.1) is 0 Å². The summed E-state index contributed by atoms with van der Waals surface area (Å²) >= 11 is 0. The van der Waals surface area contributed by atoms with Crippen molar-refractivity contribution >= 4 is 23.6 Å². The van der Waals surface area contributed by atoms with Crippen LogP contribution >= 0.6 is 0 Å². The Morgan fingerprint density at radius 2 is 2.00 bits per heavy atom. The van der Waals surface area contributed by atoms with E-state index >= 15 is 0 Å². The lowest BCUT2D eigenvalue weighted by Crippen LogP contribution is -2.33. The molecule has 94 valence electrons. The Labute approximate surface area is 100 Å². The van der Waals surface area contributed by atoms with Crippen molar-refractivity contribution in [3.8, 4) is 0 Å². The van der Waals surface area contributed by atoms with Crippen molar-refractivity contribution in [3.05, 3.63) is 36.4 Å². The van der Waals surface area contributed by atoms with Crippen molar-refractivity contribution in [1.82, 2.24) is 10.3 Å². The van der Waals surface area contributed by atoms with Crippen LogP contribution < -0.4 is 10.6 Å². The van der Waals surface area contributed by atoms with E-state index in [0.717, 1.165) is 12.3 Å². The van der Waals surface area contributed by atoms with Crippen LogP contribution in [0.4, 0.5) is 14.9 Å². The molecule has 0 saturated heterocycles. The summed E-state index contributed by atoms with van der Waals surface area (Å²) in [4.78, 5) is 35.8. The highest BCUT2D eigenvalue weighted by molar-refractivity contribution is 6.06. The number of amides is 3. The Kier molecular flexibility index (Phi) is 4.50. The number of rotatable bonds is 3. The number of nitrogens with one attached hydrogen (secondary N) is 2. The molecule has 0 saturated carbocycles. The number of aromatic nitrogens is 1. The lowest BCUT2D eigenvalue weighted by Gasteiger charge is -2.04. The highest BCUT2D eigenvalue weighted by Gasteiger charge is 2.06. The number of carbonyl (C=O) groups excluding carboxylic acids is 2. The zero-order chi connectivity index (χ0) is 13.5. The van der Waals surface area contributed by atoms with Crippen molar-refractivity contribution in [2.45, 2.75) is 0 Å². The van der Waals surface area contributed by atoms with Gasteiger partial charge in [-0.05, 0) is 0 Å². The van der Waals surface area contributed by atoms with Crippen LogP contribution in [0.2, 0.25) is 0 Å². The first-order chi connectivity index (χ1) is 8.47. The molecule has 7 nitrogen and oxygen atoms in total. The summed E-state index contributed by atoms with van der Waals surface area (Å²) in [6, 6.07) is 0.0758. The number of carboxylic acid groups (broad SMARTS) is 1. The van der Waals surface area contributed by atoms with E-state index in [0.29, 0.717) is 12.2 Å². The Hall–Kier alpha value is -2.77. The van der Waals surface area contributed by atoms with Crippen molar-refractivity contribution in [2.24, 2.45) is 0 Å². The fourth-order valence-corrected chi connectivity index (χ4v) is 0.943. The summed E-state index contributed by atoms with van der Waals surface area (Å²) in [5.74, 6) is -2.89. The van der Waals surface area contributed by atoms with Crippen molar-refractivity contribution < 1.29 is 23.9 Å². The van der Waals surface area contributed by atoms with E-state index < -0.39 is 23.7 Å². The molecule has 0 fully saturated rings. The summed E-state index contributed by atoms with van der Waals surface area (Å²) < 4.78 is 12.7. The standard InChI is InChI=1S/C10H8FN3O4/c11-6-3-7(5-12-4-6)13-10(18)14-8(15)1-2-9(16)17/h1-5H,(H,16,17)(H2,13,14,15,18)/b2-1+. The number of carbonyl (C=O) groups is 3. The zero-order valence-electron chi connectivity index (χ0n) is 8.88. The predicted octanol–water partition coefficient (Wildman–Crippen LogP) is 0.510. The summed E-state index contributed by atoms with van der Waals surface area (Å²) in [7, 11) is 0. The molecule has 1 rings (SSSR count). The second-order valence-electron chi connectivity index (χ2n) is 3.01. The van der Waals surface area contributed by atoms with Gasteiger partial charge in [0.25, 0.3) is 5.91 Å². The van der Waals surface area contributed by atoms with Gasteiger partial charge in [0.2, 0.25) is 0 Å². The molecular formula is C10H8FN3O4. The van der Waals surface area contributed by atoms with Crippen LogP contribution in [0, 0.1) is 5.82 Å². The highest BCUT2D eigenvalue weighted by atomic mass is 19.1. The maximum atomic E-state index is 12.7. The quantitative estimate of drug-likeness (QED) is 0.680. The third-order valence-electron chi connectivity index (χ3n) is 1.58. The maximum absolute atomic E-state index is 12.7. The van der Waals surface area contributed by atoms with E-state index in [4.69, 9.17) is 5.11 Å². The Balaban J connectivity index is 2.52. The monoisotopic (exact) mass is 253 g/mol. The molecule has 0 aliphatic rings. The number of halogens is 1. The van der Waals surface area contributed by atoms with Crippen LogP contribution in [-0.4, -0.2) is 28.0 Å². The van der Waals surface area contributed by atoms with E-state index in [2.05, 4.69) is 10.3 Å². The molecule has 0 bridgehead atoms. The summed E-state index contributed by atoms with van der Waals surface area (Å²) in [5.41, 5.74) is 0.0579. The molecule has 3 amide bonds. The normalized spacial score (nSPS) is 10.1. The van der Waals surface area contributed by atoms with Crippen LogP contribution in [0.3, 0.4) is 0 Å². The number of pyridine rings is 1. The van der Waals surface area contributed by atoms with Gasteiger partial charge in [-0.25, -0.2) is 14.0 Å². The van der Waals surface area contributed by atoms with Gasteiger partial charge in [0.05, 0.1) is 18.1 Å². The first kappa shape index (κ1) is 13.3. The van der Waals surface area contributed by atoms with Crippen molar-refractivity contribution in [1.29, 1.82) is 0 Å². The third-order valence-corrected chi connectivity index (χ3v) is 1.58. The lowest BCUT2D eigenvalue weighted by atomic mass is 10.4. The largest absolute Gasteiger partial charge is 0.478 e. The third kappa shape index (κ3) is 4.84. The van der Waals surface area contributed by atoms with E-state index in [1.165, 1.54) is 6.20 Å². The number of urea groups is 1. The fourth-order valence-electron chi connectivity index (χ4n) is 0.943. The molecule has 1 aromatic rings. The van der Waals surface area contributed by atoms with Gasteiger partial charge in [-0.3, -0.25) is 15.1 Å². The first-order valence-electron chi connectivity index (χ1n) is 4.61. The smallest absolute Gasteiger partial charge is 0.328 e. The molecule has 0 unspecified atom stereocenters. The van der Waals surface area contributed by atoms with E-state index in [1.807, 2.05) is 5.32 Å². The fraction of sp³-hybridized carbons (Fsp3) is 0. The summed E-state index contributed by atoms with van der Waals surface area (Å²) in [5, 5.41) is 12.2. The molecule has 18 heavy (non-hydrogen) atoms. The first-order valence-corrected chi connectivity index (χ1v) is 4.61. The Morgan fingerprint density at radius 1 is 1.28 bits per heavy atom. The van der Waals surface area contributed by atoms with Gasteiger partial charge in [0.1, 0.15) is 5.82 Å². The molecule has 0 aliphatic carbocycles. The van der Waals surface area contributed by atoms with E-state index in [9.17, 15) is 18.8 Å². The zero-order valence-corrected chi connectivity index (χ0v) is 8.88. The van der Waals surface area contributed by atoms with Crippen molar-refractivity contribution in [2.75, 3.05) is 5.32 Å². The van der Waals surface area contributed by atoms with Crippen molar-refractivity contribution in [3.63, 3.8) is 0 Å². The van der Waals surface area contributed by atoms with Gasteiger partial charge in [0.15, 0.2) is 0 Å². The van der Waals surface area contributed by atoms with E-state index in [-0.39, 0.29) is 5.69 Å². The van der Waals surface area contributed by atoms with Crippen LogP contribution in [0.5, 0.6) is 0 Å². The minimum atomic E-state index is -1.32. The maximum Gasteiger partial charge on any atom is 0.328 e. The average molecular weight is 253 g/mol. The van der Waals surface area contributed by atoms with Crippen LogP contribution in [0.25, 0.3) is 0 Å². The molecule has 1 heterocycles.